The van der Waals surface area contributed by atoms with Gasteiger partial charge in [-0.05, 0) is 24.5 Å². The number of nitrogens with two attached hydrogens (primary N) is 1. The summed E-state index contributed by atoms with van der Waals surface area (Å²) in [7, 11) is 0. The Morgan fingerprint density at radius 1 is 1.47 bits per heavy atom. The van der Waals surface area contributed by atoms with Crippen LogP contribution in [0.25, 0.3) is 0 Å². The zero-order chi connectivity index (χ0) is 14.3. The summed E-state index contributed by atoms with van der Waals surface area (Å²) in [6, 6.07) is 4.86. The minimum absolute atomic E-state index is 0.197. The Balaban J connectivity index is 2.43. The van der Waals surface area contributed by atoms with E-state index in [4.69, 9.17) is 15.6 Å². The number of benzene rings is 1. The molecule has 5 heteroatoms. The fraction of sp³-hybridized carbons (Fsp3) is 0.500. The van der Waals surface area contributed by atoms with Crippen LogP contribution in [-0.2, 0) is 4.74 Å². The molecule has 0 unspecified atom stereocenters. The zero-order valence-corrected chi connectivity index (χ0v) is 11.5. The second-order valence-electron chi connectivity index (χ2n) is 4.82. The van der Waals surface area contributed by atoms with Crippen LogP contribution in [0.5, 0.6) is 0 Å². The predicted octanol–water partition coefficient (Wildman–Crippen LogP) is 2.44. The number of carboxylic acids is 1. The predicted molar refractivity (Wildman–Crippen MR) is 76.6 cm³/mol. The molecule has 1 aromatic carbocycles. The number of hydrogen-bond donors (Lipinski definition) is 3. The van der Waals surface area contributed by atoms with Crippen LogP contribution >= 0.6 is 0 Å². The minimum Gasteiger partial charge on any atom is -0.478 e. The molecule has 0 saturated carbocycles. The number of hydrogen-bond acceptors (Lipinski definition) is 4. The molecule has 0 radical (unpaired) electrons. The number of rotatable bonds is 8. The molecular formula is C14H22N2O3. The SMILES string of the molecule is CC(C)COCCCNc1c(N)cccc1C(=O)O. The summed E-state index contributed by atoms with van der Waals surface area (Å²) in [6.07, 6.45) is 0.806. The van der Waals surface area contributed by atoms with Gasteiger partial charge in [0, 0.05) is 19.8 Å². The highest BCUT2D eigenvalue weighted by Crippen LogP contribution is 2.23. The number of ether oxygens (including phenoxy) is 1. The van der Waals surface area contributed by atoms with Crippen molar-refractivity contribution in [1.29, 1.82) is 0 Å². The Labute approximate surface area is 113 Å². The maximum atomic E-state index is 11.1. The number of anilines is 2. The molecule has 0 spiro atoms. The van der Waals surface area contributed by atoms with Crippen LogP contribution in [0.15, 0.2) is 18.2 Å². The standard InChI is InChI=1S/C14H22N2O3/c1-10(2)9-19-8-4-7-16-13-11(14(17)18)5-3-6-12(13)15/h3,5-6,10,16H,4,7-9,15H2,1-2H3,(H,17,18). The van der Waals surface area contributed by atoms with E-state index in [1.807, 2.05) is 0 Å². The van der Waals surface area contributed by atoms with Crippen molar-refractivity contribution < 1.29 is 14.6 Å². The third kappa shape index (κ3) is 5.18. The average molecular weight is 266 g/mol. The molecule has 0 aliphatic heterocycles. The average Bonchev–Trinajstić information content (AvgIpc) is 2.34. The summed E-state index contributed by atoms with van der Waals surface area (Å²) in [5, 5.41) is 12.1. The van der Waals surface area contributed by atoms with Crippen molar-refractivity contribution in [3.8, 4) is 0 Å². The largest absolute Gasteiger partial charge is 0.478 e. The normalized spacial score (nSPS) is 10.7. The topological polar surface area (TPSA) is 84.6 Å². The van der Waals surface area contributed by atoms with Gasteiger partial charge < -0.3 is 20.9 Å². The molecule has 0 aliphatic rings. The van der Waals surface area contributed by atoms with Gasteiger partial charge in [-0.1, -0.05) is 19.9 Å². The highest BCUT2D eigenvalue weighted by atomic mass is 16.5. The number of para-hydroxylation sites is 1. The van der Waals surface area contributed by atoms with E-state index in [2.05, 4.69) is 19.2 Å². The first-order valence-corrected chi connectivity index (χ1v) is 6.45. The number of carboxylic acid groups (broad SMARTS) is 1. The molecule has 106 valence electrons. The van der Waals surface area contributed by atoms with E-state index in [0.717, 1.165) is 13.0 Å². The van der Waals surface area contributed by atoms with Crippen molar-refractivity contribution in [3.63, 3.8) is 0 Å². The van der Waals surface area contributed by atoms with Crippen LogP contribution in [0.4, 0.5) is 11.4 Å². The van der Waals surface area contributed by atoms with Gasteiger partial charge in [-0.3, -0.25) is 0 Å². The van der Waals surface area contributed by atoms with Crippen molar-refractivity contribution in [2.75, 3.05) is 30.8 Å². The molecule has 19 heavy (non-hydrogen) atoms. The lowest BCUT2D eigenvalue weighted by Crippen LogP contribution is -2.12. The van der Waals surface area contributed by atoms with Crippen molar-refractivity contribution in [3.05, 3.63) is 23.8 Å². The fourth-order valence-electron chi connectivity index (χ4n) is 1.65. The zero-order valence-electron chi connectivity index (χ0n) is 11.5. The van der Waals surface area contributed by atoms with Gasteiger partial charge in [-0.2, -0.15) is 0 Å². The van der Waals surface area contributed by atoms with Crippen molar-refractivity contribution in [2.45, 2.75) is 20.3 Å². The van der Waals surface area contributed by atoms with Gasteiger partial charge >= 0.3 is 5.97 Å². The van der Waals surface area contributed by atoms with E-state index in [0.29, 0.717) is 30.4 Å². The monoisotopic (exact) mass is 266 g/mol. The Morgan fingerprint density at radius 3 is 2.84 bits per heavy atom. The van der Waals surface area contributed by atoms with Gasteiger partial charge in [-0.15, -0.1) is 0 Å². The van der Waals surface area contributed by atoms with E-state index in [9.17, 15) is 4.79 Å². The number of nitrogens with one attached hydrogen (secondary N) is 1. The summed E-state index contributed by atoms with van der Waals surface area (Å²) in [5.41, 5.74) is 6.91. The van der Waals surface area contributed by atoms with E-state index >= 15 is 0 Å². The summed E-state index contributed by atoms with van der Waals surface area (Å²) < 4.78 is 5.45. The Morgan fingerprint density at radius 2 is 2.21 bits per heavy atom. The molecule has 0 bridgehead atoms. The van der Waals surface area contributed by atoms with E-state index in [1.54, 1.807) is 12.1 Å². The first-order chi connectivity index (χ1) is 9.02. The lowest BCUT2D eigenvalue weighted by Gasteiger charge is -2.12. The van der Waals surface area contributed by atoms with Crippen molar-refractivity contribution in [1.82, 2.24) is 0 Å². The quantitative estimate of drug-likeness (QED) is 0.497. The van der Waals surface area contributed by atoms with Crippen LogP contribution in [0, 0.1) is 5.92 Å². The lowest BCUT2D eigenvalue weighted by molar-refractivity contribution is 0.0698. The maximum absolute atomic E-state index is 11.1. The Hall–Kier alpha value is -1.75. The third-order valence-corrected chi connectivity index (χ3v) is 2.55. The summed E-state index contributed by atoms with van der Waals surface area (Å²) in [5.74, 6) is -0.456. The first-order valence-electron chi connectivity index (χ1n) is 6.45. The number of aromatic carboxylic acids is 1. The summed E-state index contributed by atoms with van der Waals surface area (Å²) in [4.78, 5) is 11.1. The first kappa shape index (κ1) is 15.3. The Bertz CT molecular complexity index is 419. The van der Waals surface area contributed by atoms with Crippen LogP contribution in [0.3, 0.4) is 0 Å². The van der Waals surface area contributed by atoms with Gasteiger partial charge in [0.1, 0.15) is 0 Å². The third-order valence-electron chi connectivity index (χ3n) is 2.55. The molecule has 0 heterocycles. The highest BCUT2D eigenvalue weighted by molar-refractivity contribution is 5.97. The summed E-state index contributed by atoms with van der Waals surface area (Å²) >= 11 is 0. The van der Waals surface area contributed by atoms with Crippen LogP contribution in [0.1, 0.15) is 30.6 Å². The smallest absolute Gasteiger partial charge is 0.337 e. The molecule has 0 amide bonds. The maximum Gasteiger partial charge on any atom is 0.337 e. The van der Waals surface area contributed by atoms with E-state index < -0.39 is 5.97 Å². The lowest BCUT2D eigenvalue weighted by atomic mass is 10.1. The molecule has 0 atom stereocenters. The van der Waals surface area contributed by atoms with Gasteiger partial charge in [-0.25, -0.2) is 4.79 Å². The molecule has 1 rings (SSSR count). The fourth-order valence-corrected chi connectivity index (χ4v) is 1.65. The van der Waals surface area contributed by atoms with Crippen LogP contribution < -0.4 is 11.1 Å². The van der Waals surface area contributed by atoms with Gasteiger partial charge in [0.15, 0.2) is 0 Å². The number of nitrogen functional groups attached to an aromatic ring is 1. The van der Waals surface area contributed by atoms with Gasteiger partial charge in [0.05, 0.1) is 16.9 Å². The molecule has 4 N–H and O–H groups in total. The van der Waals surface area contributed by atoms with E-state index in [1.165, 1.54) is 6.07 Å². The summed E-state index contributed by atoms with van der Waals surface area (Å²) in [6.45, 7) is 6.23. The highest BCUT2D eigenvalue weighted by Gasteiger charge is 2.11. The van der Waals surface area contributed by atoms with Crippen molar-refractivity contribution in [2.24, 2.45) is 5.92 Å². The Kier molecular flexibility index (Phi) is 6.15. The molecule has 0 aliphatic carbocycles. The van der Waals surface area contributed by atoms with Crippen molar-refractivity contribution >= 4 is 17.3 Å². The van der Waals surface area contributed by atoms with Gasteiger partial charge in [0.25, 0.3) is 0 Å². The molecule has 0 fully saturated rings. The van der Waals surface area contributed by atoms with Crippen LogP contribution in [0.2, 0.25) is 0 Å². The molecule has 0 aromatic heterocycles. The molecule has 0 saturated heterocycles. The van der Waals surface area contributed by atoms with Crippen LogP contribution in [-0.4, -0.2) is 30.8 Å². The number of carbonyl (C=O) groups is 1. The minimum atomic E-state index is -0.981. The van der Waals surface area contributed by atoms with E-state index in [-0.39, 0.29) is 5.56 Å². The molecule has 5 nitrogen and oxygen atoms in total. The molecule has 1 aromatic rings. The second kappa shape index (κ2) is 7.63. The van der Waals surface area contributed by atoms with Gasteiger partial charge in [0.2, 0.25) is 0 Å². The molecular weight excluding hydrogens is 244 g/mol. The second-order valence-corrected chi connectivity index (χ2v) is 4.82.